The van der Waals surface area contributed by atoms with Gasteiger partial charge in [-0.1, -0.05) is 18.2 Å². The number of ether oxygens (including phenoxy) is 2. The van der Waals surface area contributed by atoms with Crippen molar-refractivity contribution in [3.63, 3.8) is 0 Å². The van der Waals surface area contributed by atoms with E-state index in [-0.39, 0.29) is 10.8 Å². The maximum Gasteiger partial charge on any atom is 0.262 e. The van der Waals surface area contributed by atoms with Crippen LogP contribution >= 0.6 is 0 Å². The number of nitrogens with one attached hydrogen (secondary N) is 2. The van der Waals surface area contributed by atoms with E-state index in [9.17, 15) is 13.2 Å². The monoisotopic (exact) mass is 468 g/mol. The normalized spacial score (nSPS) is 11.0. The Morgan fingerprint density at radius 2 is 1.64 bits per heavy atom. The first-order valence-corrected chi connectivity index (χ1v) is 11.9. The van der Waals surface area contributed by atoms with Crippen molar-refractivity contribution in [1.82, 2.24) is 5.32 Å². The van der Waals surface area contributed by atoms with Gasteiger partial charge in [0.05, 0.1) is 19.1 Å². The van der Waals surface area contributed by atoms with E-state index in [0.717, 1.165) is 11.1 Å². The molecular weight excluding hydrogens is 440 g/mol. The molecule has 0 atom stereocenters. The van der Waals surface area contributed by atoms with Gasteiger partial charge < -0.3 is 14.8 Å². The summed E-state index contributed by atoms with van der Waals surface area (Å²) in [4.78, 5) is 12.7. The van der Waals surface area contributed by atoms with Gasteiger partial charge in [-0.05, 0) is 73.4 Å². The van der Waals surface area contributed by atoms with Crippen molar-refractivity contribution >= 4 is 21.6 Å². The third-order valence-electron chi connectivity index (χ3n) is 5.21. The van der Waals surface area contributed by atoms with Gasteiger partial charge in [0.25, 0.3) is 15.9 Å². The zero-order chi connectivity index (χ0) is 24.0. The number of sulfonamides is 1. The number of anilines is 1. The number of carbonyl (C=O) groups excluding carboxylic acids is 1. The third kappa shape index (κ3) is 6.04. The minimum Gasteiger partial charge on any atom is -0.497 e. The molecule has 0 fully saturated rings. The van der Waals surface area contributed by atoms with Crippen molar-refractivity contribution in [2.45, 2.75) is 25.2 Å². The molecule has 3 rings (SSSR count). The maximum atomic E-state index is 12.8. The number of hydrogen-bond acceptors (Lipinski definition) is 5. The quantitative estimate of drug-likeness (QED) is 0.493. The van der Waals surface area contributed by atoms with Crippen LogP contribution in [0.25, 0.3) is 0 Å². The number of hydrogen-bond donors (Lipinski definition) is 2. The minimum atomic E-state index is -3.73. The largest absolute Gasteiger partial charge is 0.497 e. The molecule has 7 nitrogen and oxygen atoms in total. The smallest absolute Gasteiger partial charge is 0.262 e. The van der Waals surface area contributed by atoms with Crippen LogP contribution in [0.15, 0.2) is 65.6 Å². The summed E-state index contributed by atoms with van der Waals surface area (Å²) < 4.78 is 38.7. The Kier molecular flexibility index (Phi) is 7.60. The average Bonchev–Trinajstić information content (AvgIpc) is 2.80. The minimum absolute atomic E-state index is 0.235. The highest BCUT2D eigenvalue weighted by Gasteiger charge is 2.17. The number of methoxy groups -OCH3 is 2. The summed E-state index contributed by atoms with van der Waals surface area (Å²) in [6, 6.07) is 17.2. The van der Waals surface area contributed by atoms with Crippen LogP contribution in [-0.4, -0.2) is 35.1 Å². The molecule has 1 amide bonds. The lowest BCUT2D eigenvalue weighted by Crippen LogP contribution is -2.25. The molecule has 0 aliphatic carbocycles. The van der Waals surface area contributed by atoms with Crippen LogP contribution in [0.2, 0.25) is 0 Å². The summed E-state index contributed by atoms with van der Waals surface area (Å²) in [5.74, 6) is 1.16. The van der Waals surface area contributed by atoms with Crippen LogP contribution in [0.4, 0.5) is 5.69 Å². The summed E-state index contributed by atoms with van der Waals surface area (Å²) >= 11 is 0. The molecule has 3 aromatic rings. The lowest BCUT2D eigenvalue weighted by Gasteiger charge is -2.12. The van der Waals surface area contributed by atoms with E-state index in [1.807, 2.05) is 25.1 Å². The van der Waals surface area contributed by atoms with E-state index >= 15 is 0 Å². The fraction of sp³-hybridized carbons (Fsp3) is 0.240. The van der Waals surface area contributed by atoms with Crippen molar-refractivity contribution in [2.75, 3.05) is 25.5 Å². The first-order valence-electron chi connectivity index (χ1n) is 10.4. The Labute approximate surface area is 194 Å². The first-order chi connectivity index (χ1) is 15.7. The molecule has 0 bridgehead atoms. The van der Waals surface area contributed by atoms with E-state index in [1.165, 1.54) is 0 Å². The second-order valence-electron chi connectivity index (χ2n) is 7.64. The van der Waals surface area contributed by atoms with Crippen molar-refractivity contribution in [3.05, 3.63) is 82.9 Å². The molecule has 0 radical (unpaired) electrons. The molecule has 0 spiro atoms. The molecule has 0 unspecified atom stereocenters. The number of aryl methyl sites for hydroxylation is 2. The molecule has 0 saturated carbocycles. The highest BCUT2D eigenvalue weighted by atomic mass is 32.2. The van der Waals surface area contributed by atoms with Crippen LogP contribution in [0, 0.1) is 13.8 Å². The summed E-state index contributed by atoms with van der Waals surface area (Å²) in [5, 5.41) is 2.87. The fourth-order valence-electron chi connectivity index (χ4n) is 3.37. The van der Waals surface area contributed by atoms with Gasteiger partial charge in [-0.25, -0.2) is 8.42 Å². The van der Waals surface area contributed by atoms with Crippen molar-refractivity contribution < 1.29 is 22.7 Å². The second kappa shape index (κ2) is 10.4. The van der Waals surface area contributed by atoms with Gasteiger partial charge in [0.15, 0.2) is 0 Å². The SMILES string of the molecule is COc1ccc(CCNC(=O)c2ccc(NS(=O)(=O)c3cc(C)ccc3C)cc2)c(OC)c1. The Hall–Kier alpha value is -3.52. The summed E-state index contributed by atoms with van der Waals surface area (Å²) in [5.41, 5.74) is 3.30. The number of benzene rings is 3. The van der Waals surface area contributed by atoms with Crippen molar-refractivity contribution in [2.24, 2.45) is 0 Å². The van der Waals surface area contributed by atoms with E-state index < -0.39 is 10.0 Å². The molecule has 0 aliphatic rings. The molecule has 174 valence electrons. The van der Waals surface area contributed by atoms with Gasteiger partial charge >= 0.3 is 0 Å². The first kappa shape index (κ1) is 24.1. The van der Waals surface area contributed by atoms with Crippen LogP contribution in [-0.2, 0) is 16.4 Å². The summed E-state index contributed by atoms with van der Waals surface area (Å²) in [6.45, 7) is 4.02. The molecule has 0 aliphatic heterocycles. The number of rotatable bonds is 9. The maximum absolute atomic E-state index is 12.8. The van der Waals surface area contributed by atoms with Gasteiger partial charge in [0, 0.05) is 23.9 Å². The highest BCUT2D eigenvalue weighted by Crippen LogP contribution is 2.25. The van der Waals surface area contributed by atoms with E-state index in [1.54, 1.807) is 63.6 Å². The van der Waals surface area contributed by atoms with Gasteiger partial charge in [-0.3, -0.25) is 9.52 Å². The van der Waals surface area contributed by atoms with E-state index in [2.05, 4.69) is 10.0 Å². The highest BCUT2D eigenvalue weighted by molar-refractivity contribution is 7.92. The zero-order valence-electron chi connectivity index (χ0n) is 19.1. The molecule has 3 aromatic carbocycles. The van der Waals surface area contributed by atoms with Crippen molar-refractivity contribution in [1.29, 1.82) is 0 Å². The Balaban J connectivity index is 1.61. The Bertz CT molecular complexity index is 1240. The van der Waals surface area contributed by atoms with Crippen molar-refractivity contribution in [3.8, 4) is 11.5 Å². The summed E-state index contributed by atoms with van der Waals surface area (Å²) in [7, 11) is -0.546. The number of amides is 1. The Morgan fingerprint density at radius 3 is 2.30 bits per heavy atom. The van der Waals surface area contributed by atoms with E-state index in [0.29, 0.717) is 41.3 Å². The average molecular weight is 469 g/mol. The molecule has 33 heavy (non-hydrogen) atoms. The van der Waals surface area contributed by atoms with Gasteiger partial charge in [-0.15, -0.1) is 0 Å². The van der Waals surface area contributed by atoms with Crippen LogP contribution in [0.1, 0.15) is 27.0 Å². The lowest BCUT2D eigenvalue weighted by atomic mass is 10.1. The van der Waals surface area contributed by atoms with Gasteiger partial charge in [-0.2, -0.15) is 0 Å². The lowest BCUT2D eigenvalue weighted by molar-refractivity contribution is 0.0954. The zero-order valence-corrected chi connectivity index (χ0v) is 20.0. The fourth-order valence-corrected chi connectivity index (χ4v) is 4.76. The predicted molar refractivity (Wildman–Crippen MR) is 129 cm³/mol. The van der Waals surface area contributed by atoms with E-state index in [4.69, 9.17) is 9.47 Å². The topological polar surface area (TPSA) is 93.7 Å². The van der Waals surface area contributed by atoms with Gasteiger partial charge in [0.2, 0.25) is 0 Å². The second-order valence-corrected chi connectivity index (χ2v) is 9.29. The van der Waals surface area contributed by atoms with Gasteiger partial charge in [0.1, 0.15) is 11.5 Å². The van der Waals surface area contributed by atoms with Crippen LogP contribution < -0.4 is 19.5 Å². The molecule has 0 saturated heterocycles. The number of carbonyl (C=O) groups is 1. The molecule has 2 N–H and O–H groups in total. The molecular formula is C25H28N2O5S. The molecule has 0 heterocycles. The molecule has 8 heteroatoms. The Morgan fingerprint density at radius 1 is 0.909 bits per heavy atom. The van der Waals surface area contributed by atoms with Crippen LogP contribution in [0.5, 0.6) is 11.5 Å². The predicted octanol–water partition coefficient (Wildman–Crippen LogP) is 4.09. The molecule has 0 aromatic heterocycles. The van der Waals surface area contributed by atoms with Crippen LogP contribution in [0.3, 0.4) is 0 Å². The third-order valence-corrected chi connectivity index (χ3v) is 6.73. The summed E-state index contributed by atoms with van der Waals surface area (Å²) in [6.07, 6.45) is 0.590. The standard InChI is InChI=1S/C25H28N2O5S/c1-17-5-6-18(2)24(15-17)33(29,30)27-21-10-7-20(8-11-21)25(28)26-14-13-19-9-12-22(31-3)16-23(19)32-4/h5-12,15-16,27H,13-14H2,1-4H3,(H,26,28).